The molecule has 23 heavy (non-hydrogen) atoms. The van der Waals surface area contributed by atoms with Crippen molar-refractivity contribution in [3.8, 4) is 6.07 Å². The number of nitrogens with zero attached hydrogens (tertiary/aromatic N) is 3. The quantitative estimate of drug-likeness (QED) is 0.847. The first-order valence-corrected chi connectivity index (χ1v) is 7.69. The number of aromatic nitrogens is 2. The minimum absolute atomic E-state index is 0.0444. The summed E-state index contributed by atoms with van der Waals surface area (Å²) < 4.78 is 5.11. The SMILES string of the molecule is Cc1cnc(C(=O)O[C@H](C)C(=O)NC2(C#N)CCCCC2)cn1. The van der Waals surface area contributed by atoms with Gasteiger partial charge in [-0.25, -0.2) is 9.78 Å². The number of carbonyl (C=O) groups excluding carboxylic acids is 2. The van der Waals surface area contributed by atoms with Crippen LogP contribution >= 0.6 is 0 Å². The molecule has 1 saturated carbocycles. The maximum Gasteiger partial charge on any atom is 0.359 e. The largest absolute Gasteiger partial charge is 0.448 e. The molecule has 0 aromatic carbocycles. The highest BCUT2D eigenvalue weighted by molar-refractivity contribution is 5.90. The zero-order valence-electron chi connectivity index (χ0n) is 13.3. The van der Waals surface area contributed by atoms with E-state index < -0.39 is 23.5 Å². The minimum Gasteiger partial charge on any atom is -0.448 e. The van der Waals surface area contributed by atoms with Crippen molar-refractivity contribution in [3.63, 3.8) is 0 Å². The Kier molecular flexibility index (Phi) is 5.27. The van der Waals surface area contributed by atoms with Gasteiger partial charge in [0, 0.05) is 6.20 Å². The summed E-state index contributed by atoms with van der Waals surface area (Å²) in [6.07, 6.45) is 5.88. The Balaban J connectivity index is 1.95. The van der Waals surface area contributed by atoms with Crippen LogP contribution in [0.1, 0.15) is 55.2 Å². The summed E-state index contributed by atoms with van der Waals surface area (Å²) in [6, 6.07) is 2.20. The summed E-state index contributed by atoms with van der Waals surface area (Å²) in [6.45, 7) is 3.23. The van der Waals surface area contributed by atoms with E-state index in [1.54, 1.807) is 6.92 Å². The molecule has 1 heterocycles. The predicted octanol–water partition coefficient (Wildman–Crippen LogP) is 1.67. The van der Waals surface area contributed by atoms with E-state index in [1.807, 2.05) is 0 Å². The highest BCUT2D eigenvalue weighted by atomic mass is 16.5. The monoisotopic (exact) mass is 316 g/mol. The molecule has 1 fully saturated rings. The molecule has 1 aromatic rings. The van der Waals surface area contributed by atoms with Crippen molar-refractivity contribution in [1.29, 1.82) is 5.26 Å². The molecule has 1 amide bonds. The molecule has 1 aliphatic carbocycles. The average Bonchev–Trinajstić information content (AvgIpc) is 2.56. The molecule has 0 saturated heterocycles. The van der Waals surface area contributed by atoms with Gasteiger partial charge in [-0.15, -0.1) is 0 Å². The summed E-state index contributed by atoms with van der Waals surface area (Å²) in [4.78, 5) is 32.0. The van der Waals surface area contributed by atoms with Crippen LogP contribution in [-0.2, 0) is 9.53 Å². The first kappa shape index (κ1) is 16.9. The fraction of sp³-hybridized carbons (Fsp3) is 0.562. The Morgan fingerprint density at radius 2 is 2.00 bits per heavy atom. The first-order chi connectivity index (χ1) is 11.0. The molecule has 1 aromatic heterocycles. The third-order valence-electron chi connectivity index (χ3n) is 3.93. The van der Waals surface area contributed by atoms with Crippen molar-refractivity contribution in [2.24, 2.45) is 0 Å². The Hall–Kier alpha value is -2.49. The minimum atomic E-state index is -1.00. The summed E-state index contributed by atoms with van der Waals surface area (Å²) >= 11 is 0. The van der Waals surface area contributed by atoms with Crippen LogP contribution in [0.15, 0.2) is 12.4 Å². The number of carbonyl (C=O) groups is 2. The van der Waals surface area contributed by atoms with E-state index in [1.165, 1.54) is 19.3 Å². The molecule has 0 aliphatic heterocycles. The Bertz CT molecular complexity index is 615. The van der Waals surface area contributed by atoms with Crippen molar-refractivity contribution in [2.75, 3.05) is 0 Å². The van der Waals surface area contributed by atoms with Gasteiger partial charge in [-0.3, -0.25) is 9.78 Å². The number of hydrogen-bond acceptors (Lipinski definition) is 6. The van der Waals surface area contributed by atoms with E-state index in [0.29, 0.717) is 18.5 Å². The predicted molar refractivity (Wildman–Crippen MR) is 81.2 cm³/mol. The fourth-order valence-electron chi connectivity index (χ4n) is 2.53. The molecular weight excluding hydrogens is 296 g/mol. The summed E-state index contributed by atoms with van der Waals surface area (Å²) in [5.74, 6) is -1.18. The van der Waals surface area contributed by atoms with Gasteiger partial charge >= 0.3 is 5.97 Å². The molecule has 0 spiro atoms. The third-order valence-corrected chi connectivity index (χ3v) is 3.93. The standard InChI is InChI=1S/C16H20N4O3/c1-11-8-19-13(9-18-11)15(22)23-12(2)14(21)20-16(10-17)6-4-3-5-7-16/h8-9,12H,3-7H2,1-2H3,(H,20,21)/t12-/m1/s1. The van der Waals surface area contributed by atoms with Gasteiger partial charge in [-0.1, -0.05) is 19.3 Å². The summed E-state index contributed by atoms with van der Waals surface area (Å²) in [5, 5.41) is 12.1. The van der Waals surface area contributed by atoms with Crippen LogP contribution in [0.3, 0.4) is 0 Å². The lowest BCUT2D eigenvalue weighted by molar-refractivity contribution is -0.130. The van der Waals surface area contributed by atoms with Crippen LogP contribution in [-0.4, -0.2) is 33.5 Å². The molecule has 1 aliphatic rings. The third kappa shape index (κ3) is 4.25. The summed E-state index contributed by atoms with van der Waals surface area (Å²) in [5.41, 5.74) is -0.122. The molecule has 0 unspecified atom stereocenters. The maximum atomic E-state index is 12.2. The first-order valence-electron chi connectivity index (χ1n) is 7.69. The molecule has 7 nitrogen and oxygen atoms in total. The van der Waals surface area contributed by atoms with E-state index >= 15 is 0 Å². The topological polar surface area (TPSA) is 105 Å². The molecule has 1 atom stereocenters. The highest BCUT2D eigenvalue weighted by Gasteiger charge is 2.35. The number of aryl methyl sites for hydroxylation is 1. The molecule has 1 N–H and O–H groups in total. The van der Waals surface area contributed by atoms with Crippen LogP contribution in [0.5, 0.6) is 0 Å². The number of nitriles is 1. The molecule has 0 bridgehead atoms. The van der Waals surface area contributed by atoms with Gasteiger partial charge in [-0.2, -0.15) is 5.26 Å². The van der Waals surface area contributed by atoms with Gasteiger partial charge < -0.3 is 10.1 Å². The van der Waals surface area contributed by atoms with Crippen molar-refractivity contribution in [2.45, 2.75) is 57.6 Å². The van der Waals surface area contributed by atoms with Gasteiger partial charge in [0.1, 0.15) is 5.54 Å². The van der Waals surface area contributed by atoms with Gasteiger partial charge in [-0.05, 0) is 26.7 Å². The van der Waals surface area contributed by atoms with Crippen molar-refractivity contribution < 1.29 is 14.3 Å². The zero-order valence-corrected chi connectivity index (χ0v) is 13.3. The smallest absolute Gasteiger partial charge is 0.359 e. The molecule has 122 valence electrons. The number of esters is 1. The number of nitrogens with one attached hydrogen (secondary N) is 1. The van der Waals surface area contributed by atoms with Crippen molar-refractivity contribution in [3.05, 3.63) is 23.8 Å². The lowest BCUT2D eigenvalue weighted by Gasteiger charge is -2.32. The molecule has 7 heteroatoms. The maximum absolute atomic E-state index is 12.2. The number of amides is 1. The molecular formula is C16H20N4O3. The second kappa shape index (κ2) is 7.18. The Labute approximate surface area is 135 Å². The van der Waals surface area contributed by atoms with Gasteiger partial charge in [0.25, 0.3) is 5.91 Å². The van der Waals surface area contributed by atoms with Gasteiger partial charge in [0.2, 0.25) is 0 Å². The van der Waals surface area contributed by atoms with Crippen LogP contribution < -0.4 is 5.32 Å². The molecule has 0 radical (unpaired) electrons. The fourth-order valence-corrected chi connectivity index (χ4v) is 2.53. The highest BCUT2D eigenvalue weighted by Crippen LogP contribution is 2.27. The van der Waals surface area contributed by atoms with Crippen LogP contribution in [0.25, 0.3) is 0 Å². The van der Waals surface area contributed by atoms with Gasteiger partial charge in [0.15, 0.2) is 11.8 Å². The van der Waals surface area contributed by atoms with E-state index in [0.717, 1.165) is 19.3 Å². The second-order valence-corrected chi connectivity index (χ2v) is 5.83. The number of hydrogen-bond donors (Lipinski definition) is 1. The normalized spacial score (nSPS) is 17.6. The lowest BCUT2D eigenvalue weighted by atomic mass is 9.83. The van der Waals surface area contributed by atoms with Crippen LogP contribution in [0.2, 0.25) is 0 Å². The van der Waals surface area contributed by atoms with Crippen LogP contribution in [0.4, 0.5) is 0 Å². The van der Waals surface area contributed by atoms with E-state index in [2.05, 4.69) is 21.4 Å². The van der Waals surface area contributed by atoms with E-state index in [9.17, 15) is 14.9 Å². The van der Waals surface area contributed by atoms with Crippen molar-refractivity contribution in [1.82, 2.24) is 15.3 Å². The number of ether oxygens (including phenoxy) is 1. The van der Waals surface area contributed by atoms with Gasteiger partial charge in [0.05, 0.1) is 18.0 Å². The number of rotatable bonds is 4. The second-order valence-electron chi connectivity index (χ2n) is 5.83. The van der Waals surface area contributed by atoms with E-state index in [4.69, 9.17) is 4.74 Å². The Morgan fingerprint density at radius 3 is 2.57 bits per heavy atom. The summed E-state index contributed by atoms with van der Waals surface area (Å²) in [7, 11) is 0. The molecule has 2 rings (SSSR count). The zero-order chi connectivity index (χ0) is 16.9. The lowest BCUT2D eigenvalue weighted by Crippen LogP contribution is -2.52. The Morgan fingerprint density at radius 1 is 1.30 bits per heavy atom. The average molecular weight is 316 g/mol. The van der Waals surface area contributed by atoms with Crippen molar-refractivity contribution >= 4 is 11.9 Å². The van der Waals surface area contributed by atoms with Crippen LogP contribution in [0, 0.1) is 18.3 Å². The van der Waals surface area contributed by atoms with E-state index in [-0.39, 0.29) is 5.69 Å².